The lowest BCUT2D eigenvalue weighted by Crippen LogP contribution is -2.21. The lowest BCUT2D eigenvalue weighted by molar-refractivity contribution is 0.103. The number of amides is 2. The van der Waals surface area contributed by atoms with Crippen LogP contribution in [0.15, 0.2) is 78.9 Å². The maximum absolute atomic E-state index is 12.7. The summed E-state index contributed by atoms with van der Waals surface area (Å²) in [5.74, 6) is 0.398. The summed E-state index contributed by atoms with van der Waals surface area (Å²) in [6.07, 6.45) is 0. The van der Waals surface area contributed by atoms with Gasteiger partial charge in [-0.1, -0.05) is 54.6 Å². The van der Waals surface area contributed by atoms with Crippen LogP contribution in [0.2, 0.25) is 0 Å². The van der Waals surface area contributed by atoms with E-state index in [0.717, 1.165) is 0 Å². The average Bonchev–Trinajstić information content (AvgIpc) is 2.69. The number of anilines is 2. The van der Waals surface area contributed by atoms with Gasteiger partial charge in [-0.3, -0.25) is 4.79 Å². The van der Waals surface area contributed by atoms with Crippen molar-refractivity contribution in [1.82, 2.24) is 0 Å². The molecule has 0 saturated carbocycles. The van der Waals surface area contributed by atoms with Crippen LogP contribution in [-0.2, 0) is 0 Å². The van der Waals surface area contributed by atoms with E-state index in [-0.39, 0.29) is 5.78 Å². The SMILES string of the molecule is COc1ccccc1NC(=O)Nc1ccccc1C(=O)c1ccccc1. The Kier molecular flexibility index (Phi) is 5.29. The molecule has 3 rings (SSSR count). The highest BCUT2D eigenvalue weighted by molar-refractivity contribution is 6.14. The number of rotatable bonds is 5. The second-order valence-corrected chi connectivity index (χ2v) is 5.52. The molecule has 5 nitrogen and oxygen atoms in total. The minimum Gasteiger partial charge on any atom is -0.495 e. The Morgan fingerprint density at radius 1 is 0.731 bits per heavy atom. The molecule has 0 atom stereocenters. The van der Waals surface area contributed by atoms with E-state index in [1.165, 1.54) is 7.11 Å². The second-order valence-electron chi connectivity index (χ2n) is 5.52. The first-order chi connectivity index (χ1) is 12.7. The van der Waals surface area contributed by atoms with Crippen molar-refractivity contribution >= 4 is 23.2 Å². The molecule has 0 aliphatic heterocycles. The number of nitrogens with one attached hydrogen (secondary N) is 2. The van der Waals surface area contributed by atoms with Crippen LogP contribution in [0.5, 0.6) is 5.75 Å². The van der Waals surface area contributed by atoms with Gasteiger partial charge >= 0.3 is 6.03 Å². The summed E-state index contributed by atoms with van der Waals surface area (Å²) in [6.45, 7) is 0. The fraction of sp³-hybridized carbons (Fsp3) is 0.0476. The van der Waals surface area contributed by atoms with Crippen molar-refractivity contribution < 1.29 is 14.3 Å². The molecular formula is C21H18N2O3. The molecule has 0 aliphatic carbocycles. The van der Waals surface area contributed by atoms with Crippen LogP contribution in [0.1, 0.15) is 15.9 Å². The quantitative estimate of drug-likeness (QED) is 0.665. The minimum atomic E-state index is -0.456. The second kappa shape index (κ2) is 7.98. The van der Waals surface area contributed by atoms with E-state index >= 15 is 0 Å². The highest BCUT2D eigenvalue weighted by Crippen LogP contribution is 2.24. The van der Waals surface area contributed by atoms with Gasteiger partial charge in [0.05, 0.1) is 18.5 Å². The topological polar surface area (TPSA) is 67.4 Å². The van der Waals surface area contributed by atoms with Crippen molar-refractivity contribution in [2.75, 3.05) is 17.7 Å². The number of benzene rings is 3. The molecule has 2 amide bonds. The molecule has 0 unspecified atom stereocenters. The van der Waals surface area contributed by atoms with Gasteiger partial charge in [-0.05, 0) is 24.3 Å². The van der Waals surface area contributed by atoms with Gasteiger partial charge in [0.25, 0.3) is 0 Å². The van der Waals surface area contributed by atoms with Crippen LogP contribution in [-0.4, -0.2) is 18.9 Å². The fourth-order valence-electron chi connectivity index (χ4n) is 2.56. The van der Waals surface area contributed by atoms with Gasteiger partial charge in [-0.25, -0.2) is 4.79 Å². The number of carbonyl (C=O) groups is 2. The molecule has 3 aromatic rings. The molecule has 0 fully saturated rings. The molecule has 0 heterocycles. The smallest absolute Gasteiger partial charge is 0.323 e. The van der Waals surface area contributed by atoms with Crippen LogP contribution in [0.4, 0.5) is 16.2 Å². The van der Waals surface area contributed by atoms with E-state index in [0.29, 0.717) is 28.3 Å². The van der Waals surface area contributed by atoms with Crippen molar-refractivity contribution in [2.24, 2.45) is 0 Å². The number of ether oxygens (including phenoxy) is 1. The maximum atomic E-state index is 12.7. The third kappa shape index (κ3) is 3.89. The molecule has 0 aromatic heterocycles. The third-order valence-corrected chi connectivity index (χ3v) is 3.81. The molecule has 0 aliphatic rings. The number of methoxy groups -OCH3 is 1. The van der Waals surface area contributed by atoms with Crippen molar-refractivity contribution in [3.05, 3.63) is 90.0 Å². The number of para-hydroxylation sites is 3. The number of hydrogen-bond acceptors (Lipinski definition) is 3. The van der Waals surface area contributed by atoms with E-state index in [2.05, 4.69) is 10.6 Å². The van der Waals surface area contributed by atoms with Crippen LogP contribution < -0.4 is 15.4 Å². The van der Waals surface area contributed by atoms with E-state index in [1.54, 1.807) is 66.7 Å². The Labute approximate surface area is 151 Å². The van der Waals surface area contributed by atoms with E-state index in [9.17, 15) is 9.59 Å². The highest BCUT2D eigenvalue weighted by atomic mass is 16.5. The maximum Gasteiger partial charge on any atom is 0.323 e. The number of ketones is 1. The van der Waals surface area contributed by atoms with Gasteiger partial charge < -0.3 is 15.4 Å². The van der Waals surface area contributed by atoms with Gasteiger partial charge in [0.1, 0.15) is 5.75 Å². The van der Waals surface area contributed by atoms with E-state index in [4.69, 9.17) is 4.74 Å². The summed E-state index contributed by atoms with van der Waals surface area (Å²) in [7, 11) is 1.53. The van der Waals surface area contributed by atoms with Crippen LogP contribution in [0.3, 0.4) is 0 Å². The first-order valence-corrected chi connectivity index (χ1v) is 8.09. The van der Waals surface area contributed by atoms with Crippen molar-refractivity contribution in [1.29, 1.82) is 0 Å². The first-order valence-electron chi connectivity index (χ1n) is 8.09. The summed E-state index contributed by atoms with van der Waals surface area (Å²) in [4.78, 5) is 25.1. The Morgan fingerprint density at radius 2 is 1.31 bits per heavy atom. The van der Waals surface area contributed by atoms with Crippen LogP contribution in [0, 0.1) is 0 Å². The van der Waals surface area contributed by atoms with E-state index < -0.39 is 6.03 Å². The molecular weight excluding hydrogens is 328 g/mol. The average molecular weight is 346 g/mol. The molecule has 0 bridgehead atoms. The van der Waals surface area contributed by atoms with Gasteiger partial charge in [0, 0.05) is 11.1 Å². The molecule has 0 spiro atoms. The molecule has 0 saturated heterocycles. The van der Waals surface area contributed by atoms with Crippen LogP contribution >= 0.6 is 0 Å². The molecule has 3 aromatic carbocycles. The number of hydrogen-bond donors (Lipinski definition) is 2. The molecule has 130 valence electrons. The van der Waals surface area contributed by atoms with Crippen molar-refractivity contribution in [3.63, 3.8) is 0 Å². The molecule has 0 radical (unpaired) electrons. The Hall–Kier alpha value is -3.60. The van der Waals surface area contributed by atoms with Gasteiger partial charge in [0.15, 0.2) is 5.78 Å². The van der Waals surface area contributed by atoms with Gasteiger partial charge in [-0.2, -0.15) is 0 Å². The zero-order valence-corrected chi connectivity index (χ0v) is 14.2. The Morgan fingerprint density at radius 3 is 2.04 bits per heavy atom. The predicted octanol–water partition coefficient (Wildman–Crippen LogP) is 4.57. The normalized spacial score (nSPS) is 10.0. The standard InChI is InChI=1S/C21H18N2O3/c1-26-19-14-8-7-13-18(19)23-21(25)22-17-12-6-5-11-16(17)20(24)15-9-3-2-4-10-15/h2-14H,1H3,(H2,22,23,25). The third-order valence-electron chi connectivity index (χ3n) is 3.81. The first kappa shape index (κ1) is 17.2. The Bertz CT molecular complexity index is 923. The minimum absolute atomic E-state index is 0.154. The van der Waals surface area contributed by atoms with Crippen molar-refractivity contribution in [2.45, 2.75) is 0 Å². The highest BCUT2D eigenvalue weighted by Gasteiger charge is 2.15. The van der Waals surface area contributed by atoms with Crippen molar-refractivity contribution in [3.8, 4) is 5.75 Å². The summed E-state index contributed by atoms with van der Waals surface area (Å²) < 4.78 is 5.22. The molecule has 5 heteroatoms. The predicted molar refractivity (Wildman–Crippen MR) is 102 cm³/mol. The summed E-state index contributed by atoms with van der Waals surface area (Å²) in [5, 5.41) is 5.46. The molecule has 26 heavy (non-hydrogen) atoms. The monoisotopic (exact) mass is 346 g/mol. The van der Waals surface area contributed by atoms with E-state index in [1.807, 2.05) is 12.1 Å². The van der Waals surface area contributed by atoms with Gasteiger partial charge in [0.2, 0.25) is 0 Å². The summed E-state index contributed by atoms with van der Waals surface area (Å²) >= 11 is 0. The summed E-state index contributed by atoms with van der Waals surface area (Å²) in [6, 6.07) is 22.5. The number of carbonyl (C=O) groups excluding carboxylic acids is 2. The zero-order chi connectivity index (χ0) is 18.4. The lowest BCUT2D eigenvalue weighted by Gasteiger charge is -2.13. The fourth-order valence-corrected chi connectivity index (χ4v) is 2.56. The van der Waals surface area contributed by atoms with Crippen LogP contribution in [0.25, 0.3) is 0 Å². The largest absolute Gasteiger partial charge is 0.495 e. The Balaban J connectivity index is 1.80. The molecule has 2 N–H and O–H groups in total. The lowest BCUT2D eigenvalue weighted by atomic mass is 10.0. The van der Waals surface area contributed by atoms with Gasteiger partial charge in [-0.15, -0.1) is 0 Å². The number of urea groups is 1. The zero-order valence-electron chi connectivity index (χ0n) is 14.2. The summed E-state index contributed by atoms with van der Waals surface area (Å²) in [5.41, 5.74) is 1.97.